The van der Waals surface area contributed by atoms with Gasteiger partial charge in [-0.15, -0.1) is 0 Å². The van der Waals surface area contributed by atoms with Gasteiger partial charge in [-0.25, -0.2) is 0 Å². The first kappa shape index (κ1) is 20.2. The fourth-order valence-corrected chi connectivity index (χ4v) is 2.74. The van der Waals surface area contributed by atoms with Crippen LogP contribution in [0.15, 0.2) is 71.3 Å². The van der Waals surface area contributed by atoms with Crippen LogP contribution in [0.2, 0.25) is 0 Å². The molecule has 0 saturated carbocycles. The molecule has 0 saturated heterocycles. The summed E-state index contributed by atoms with van der Waals surface area (Å²) in [7, 11) is 1.55. The summed E-state index contributed by atoms with van der Waals surface area (Å²) in [5, 5.41) is 8.70. The maximum atomic E-state index is 12.4. The fourth-order valence-electron chi connectivity index (χ4n) is 2.74. The Balaban J connectivity index is 1.52. The molecule has 0 aliphatic carbocycles. The number of carbonyl (C=O) groups excluding carboxylic acids is 2. The Morgan fingerprint density at radius 2 is 1.76 bits per heavy atom. The third-order valence-electron chi connectivity index (χ3n) is 4.32. The molecule has 0 unspecified atom stereocenters. The van der Waals surface area contributed by atoms with Crippen LogP contribution in [0.25, 0.3) is 0 Å². The quantitative estimate of drug-likeness (QED) is 0.541. The predicted octanol–water partition coefficient (Wildman–Crippen LogP) is 3.83. The molecule has 1 atom stereocenters. The minimum absolute atomic E-state index is 0.0724. The molecule has 0 aliphatic rings. The Labute approximate surface area is 169 Å². The van der Waals surface area contributed by atoms with Crippen LogP contribution in [-0.2, 0) is 4.79 Å². The van der Waals surface area contributed by atoms with Crippen molar-refractivity contribution in [2.75, 3.05) is 24.3 Å². The molecule has 3 rings (SSSR count). The highest BCUT2D eigenvalue weighted by atomic mass is 16.5. The number of hydrogen-bond acceptors (Lipinski definition) is 5. The number of benzene rings is 2. The van der Waals surface area contributed by atoms with Crippen LogP contribution >= 0.6 is 0 Å². The molecule has 0 aliphatic heterocycles. The number of furan rings is 1. The Morgan fingerprint density at radius 1 is 1.00 bits per heavy atom. The number of nitrogens with one attached hydrogen (secondary N) is 3. The monoisotopic (exact) mass is 393 g/mol. The first-order chi connectivity index (χ1) is 14.1. The summed E-state index contributed by atoms with van der Waals surface area (Å²) in [4.78, 5) is 24.6. The number of carbonyl (C=O) groups is 2. The zero-order valence-electron chi connectivity index (χ0n) is 16.3. The van der Waals surface area contributed by atoms with E-state index in [0.717, 1.165) is 5.76 Å². The summed E-state index contributed by atoms with van der Waals surface area (Å²) in [5.41, 5.74) is 1.67. The predicted molar refractivity (Wildman–Crippen MR) is 111 cm³/mol. The van der Waals surface area contributed by atoms with E-state index in [1.807, 2.05) is 25.1 Å². The van der Waals surface area contributed by atoms with E-state index in [-0.39, 0.29) is 24.4 Å². The highest BCUT2D eigenvalue weighted by Crippen LogP contribution is 2.23. The zero-order valence-corrected chi connectivity index (χ0v) is 16.3. The van der Waals surface area contributed by atoms with Gasteiger partial charge in [-0.2, -0.15) is 0 Å². The van der Waals surface area contributed by atoms with Crippen molar-refractivity contribution in [3.63, 3.8) is 0 Å². The van der Waals surface area contributed by atoms with Gasteiger partial charge in [-0.3, -0.25) is 14.9 Å². The number of amides is 2. The van der Waals surface area contributed by atoms with E-state index in [1.165, 1.54) is 0 Å². The van der Waals surface area contributed by atoms with E-state index in [1.54, 1.807) is 55.8 Å². The lowest BCUT2D eigenvalue weighted by Crippen LogP contribution is -2.30. The summed E-state index contributed by atoms with van der Waals surface area (Å²) in [6.07, 6.45) is 1.60. The molecule has 7 heteroatoms. The minimum atomic E-state index is -0.263. The lowest BCUT2D eigenvalue weighted by atomic mass is 10.2. The number of rotatable bonds is 8. The third kappa shape index (κ3) is 5.46. The Bertz CT molecular complexity index is 952. The van der Waals surface area contributed by atoms with E-state index in [0.29, 0.717) is 22.7 Å². The van der Waals surface area contributed by atoms with Crippen LogP contribution in [0.1, 0.15) is 29.1 Å². The number of ether oxygens (including phenoxy) is 1. The van der Waals surface area contributed by atoms with Gasteiger partial charge < -0.3 is 19.8 Å². The van der Waals surface area contributed by atoms with Gasteiger partial charge in [-0.05, 0) is 55.5 Å². The fraction of sp³-hybridized carbons (Fsp3) is 0.182. The maximum absolute atomic E-state index is 12.4. The second kappa shape index (κ2) is 9.57. The second-order valence-electron chi connectivity index (χ2n) is 6.40. The van der Waals surface area contributed by atoms with Gasteiger partial charge >= 0.3 is 0 Å². The largest absolute Gasteiger partial charge is 0.495 e. The summed E-state index contributed by atoms with van der Waals surface area (Å²) < 4.78 is 10.5. The first-order valence-electron chi connectivity index (χ1n) is 9.18. The highest BCUT2D eigenvalue weighted by Gasteiger charge is 2.12. The summed E-state index contributed by atoms with van der Waals surface area (Å²) in [6.45, 7) is 2.05. The summed E-state index contributed by atoms with van der Waals surface area (Å²) in [6, 6.07) is 17.4. The first-order valence-corrected chi connectivity index (χ1v) is 9.18. The number of hydrogen-bond donors (Lipinski definition) is 3. The van der Waals surface area contributed by atoms with Gasteiger partial charge in [0.15, 0.2) is 0 Å². The Morgan fingerprint density at radius 3 is 2.45 bits per heavy atom. The minimum Gasteiger partial charge on any atom is -0.495 e. The van der Waals surface area contributed by atoms with Gasteiger partial charge in [0.05, 0.1) is 31.6 Å². The molecule has 0 spiro atoms. The molecule has 7 nitrogen and oxygen atoms in total. The standard InChI is InChI=1S/C22H23N3O4/c1-15(19-8-5-13-29-19)23-14-21(26)24-17-11-9-16(10-12-17)22(27)25-18-6-3-4-7-20(18)28-2/h3-13,15,23H,14H2,1-2H3,(H,24,26)(H,25,27)/t15-/m1/s1. The van der Waals surface area contributed by atoms with Gasteiger partial charge in [0, 0.05) is 11.3 Å². The van der Waals surface area contributed by atoms with E-state index in [2.05, 4.69) is 16.0 Å². The normalized spacial score (nSPS) is 11.5. The molecular weight excluding hydrogens is 370 g/mol. The summed E-state index contributed by atoms with van der Waals surface area (Å²) >= 11 is 0. The smallest absolute Gasteiger partial charge is 0.255 e. The van der Waals surface area contributed by atoms with Gasteiger partial charge in [0.2, 0.25) is 5.91 Å². The van der Waals surface area contributed by atoms with Crippen molar-refractivity contribution in [1.82, 2.24) is 5.32 Å². The SMILES string of the molecule is COc1ccccc1NC(=O)c1ccc(NC(=O)CN[C@H](C)c2ccco2)cc1. The van der Waals surface area contributed by atoms with Crippen molar-refractivity contribution in [3.8, 4) is 5.75 Å². The molecule has 1 heterocycles. The van der Waals surface area contributed by atoms with Crippen LogP contribution in [0, 0.1) is 0 Å². The van der Waals surface area contributed by atoms with Crippen molar-refractivity contribution in [2.45, 2.75) is 13.0 Å². The number of anilines is 2. The average Bonchev–Trinajstić information content (AvgIpc) is 3.28. The number of methoxy groups -OCH3 is 1. The molecule has 3 N–H and O–H groups in total. The van der Waals surface area contributed by atoms with Crippen LogP contribution in [0.5, 0.6) is 5.75 Å². The van der Waals surface area contributed by atoms with Crippen molar-refractivity contribution in [1.29, 1.82) is 0 Å². The lowest BCUT2D eigenvalue weighted by molar-refractivity contribution is -0.115. The van der Waals surface area contributed by atoms with Crippen molar-refractivity contribution in [3.05, 3.63) is 78.3 Å². The third-order valence-corrected chi connectivity index (χ3v) is 4.32. The van der Waals surface area contributed by atoms with Crippen molar-refractivity contribution < 1.29 is 18.7 Å². The lowest BCUT2D eigenvalue weighted by Gasteiger charge is -2.12. The van der Waals surface area contributed by atoms with Crippen LogP contribution in [0.3, 0.4) is 0 Å². The molecule has 1 aromatic heterocycles. The van der Waals surface area contributed by atoms with Crippen LogP contribution in [-0.4, -0.2) is 25.5 Å². The zero-order chi connectivity index (χ0) is 20.6. The van der Waals surface area contributed by atoms with Gasteiger partial charge in [-0.1, -0.05) is 12.1 Å². The average molecular weight is 393 g/mol. The van der Waals surface area contributed by atoms with E-state index in [4.69, 9.17) is 9.15 Å². The molecule has 0 bridgehead atoms. The molecule has 0 fully saturated rings. The topological polar surface area (TPSA) is 92.6 Å². The van der Waals surface area contributed by atoms with E-state index < -0.39 is 0 Å². The van der Waals surface area contributed by atoms with E-state index in [9.17, 15) is 9.59 Å². The molecule has 150 valence electrons. The molecule has 29 heavy (non-hydrogen) atoms. The molecule has 2 aromatic carbocycles. The van der Waals surface area contributed by atoms with Gasteiger partial charge in [0.1, 0.15) is 11.5 Å². The molecule has 3 aromatic rings. The molecule has 0 radical (unpaired) electrons. The highest BCUT2D eigenvalue weighted by molar-refractivity contribution is 6.05. The second-order valence-corrected chi connectivity index (χ2v) is 6.40. The van der Waals surface area contributed by atoms with Crippen LogP contribution in [0.4, 0.5) is 11.4 Å². The van der Waals surface area contributed by atoms with Crippen LogP contribution < -0.4 is 20.7 Å². The number of para-hydroxylation sites is 2. The Kier molecular flexibility index (Phi) is 6.65. The molecular formula is C22H23N3O4. The van der Waals surface area contributed by atoms with Crippen molar-refractivity contribution in [2.24, 2.45) is 0 Å². The summed E-state index contributed by atoms with van der Waals surface area (Å²) in [5.74, 6) is 0.903. The molecule has 2 amide bonds. The Hall–Kier alpha value is -3.58. The van der Waals surface area contributed by atoms with Crippen molar-refractivity contribution >= 4 is 23.2 Å². The maximum Gasteiger partial charge on any atom is 0.255 e. The van der Waals surface area contributed by atoms with Gasteiger partial charge in [0.25, 0.3) is 5.91 Å². The van der Waals surface area contributed by atoms with E-state index >= 15 is 0 Å².